The summed E-state index contributed by atoms with van der Waals surface area (Å²) >= 11 is 0. The van der Waals surface area contributed by atoms with Crippen LogP contribution in [0.2, 0.25) is 0 Å². The number of aryl methyl sites for hydroxylation is 1. The van der Waals surface area contributed by atoms with Crippen molar-refractivity contribution in [1.29, 1.82) is 0 Å². The molecular formula is C18H21N3O2. The van der Waals surface area contributed by atoms with Gasteiger partial charge in [0.25, 0.3) is 5.91 Å². The Balaban J connectivity index is 1.58. The van der Waals surface area contributed by atoms with Crippen LogP contribution >= 0.6 is 0 Å². The number of nitrogens with zero attached hydrogens (tertiary/aromatic N) is 1. The van der Waals surface area contributed by atoms with E-state index in [1.807, 2.05) is 6.07 Å². The molecule has 5 heteroatoms. The number of nitrogens with one attached hydrogen (secondary N) is 2. The van der Waals surface area contributed by atoms with Crippen LogP contribution in [-0.4, -0.2) is 24.2 Å². The van der Waals surface area contributed by atoms with Gasteiger partial charge in [0.1, 0.15) is 0 Å². The predicted molar refractivity (Wildman–Crippen MR) is 86.4 cm³/mol. The van der Waals surface area contributed by atoms with Crippen LogP contribution in [0.25, 0.3) is 0 Å². The molecule has 0 saturated carbocycles. The molecule has 1 aliphatic carbocycles. The van der Waals surface area contributed by atoms with E-state index in [9.17, 15) is 4.79 Å². The average molecular weight is 311 g/mol. The zero-order valence-corrected chi connectivity index (χ0v) is 13.1. The maximum Gasteiger partial charge on any atom is 0.290 e. The quantitative estimate of drug-likeness (QED) is 0.892. The van der Waals surface area contributed by atoms with Crippen molar-refractivity contribution >= 4 is 5.91 Å². The van der Waals surface area contributed by atoms with Crippen molar-refractivity contribution in [1.82, 2.24) is 15.8 Å². The number of aromatic nitrogens is 1. The lowest BCUT2D eigenvalue weighted by Crippen LogP contribution is -2.35. The molecule has 5 nitrogen and oxygen atoms in total. The van der Waals surface area contributed by atoms with Crippen molar-refractivity contribution in [2.45, 2.75) is 38.1 Å². The zero-order chi connectivity index (χ0) is 15.6. The molecule has 2 heterocycles. The summed E-state index contributed by atoms with van der Waals surface area (Å²) in [5.74, 6) is 0.255. The zero-order valence-electron chi connectivity index (χ0n) is 13.1. The lowest BCUT2D eigenvalue weighted by Gasteiger charge is -2.19. The van der Waals surface area contributed by atoms with E-state index in [4.69, 9.17) is 4.52 Å². The summed E-state index contributed by atoms with van der Waals surface area (Å²) in [6, 6.07) is 8.28. The second-order valence-electron chi connectivity index (χ2n) is 6.32. The number of hydrogen-bond acceptors (Lipinski definition) is 4. The summed E-state index contributed by atoms with van der Waals surface area (Å²) < 4.78 is 5.36. The molecule has 0 spiro atoms. The van der Waals surface area contributed by atoms with Crippen molar-refractivity contribution in [3.63, 3.8) is 0 Å². The summed E-state index contributed by atoms with van der Waals surface area (Å²) in [6.07, 6.45) is 5.02. The number of rotatable bonds is 2. The van der Waals surface area contributed by atoms with E-state index in [1.54, 1.807) is 0 Å². The number of amides is 1. The van der Waals surface area contributed by atoms with Gasteiger partial charge in [-0.1, -0.05) is 29.4 Å². The minimum absolute atomic E-state index is 0.0365. The Labute approximate surface area is 135 Å². The van der Waals surface area contributed by atoms with Crippen LogP contribution in [0.3, 0.4) is 0 Å². The van der Waals surface area contributed by atoms with Gasteiger partial charge < -0.3 is 15.2 Å². The van der Waals surface area contributed by atoms with Gasteiger partial charge in [0.05, 0.1) is 11.7 Å². The molecule has 0 bridgehead atoms. The van der Waals surface area contributed by atoms with Gasteiger partial charge in [0, 0.05) is 12.1 Å². The fourth-order valence-corrected chi connectivity index (χ4v) is 3.60. The Morgan fingerprint density at radius 1 is 1.22 bits per heavy atom. The van der Waals surface area contributed by atoms with Gasteiger partial charge in [-0.05, 0) is 49.8 Å². The van der Waals surface area contributed by atoms with E-state index >= 15 is 0 Å². The second kappa shape index (κ2) is 6.16. The maximum absolute atomic E-state index is 12.7. The van der Waals surface area contributed by atoms with Gasteiger partial charge >= 0.3 is 0 Å². The van der Waals surface area contributed by atoms with Gasteiger partial charge in [-0.2, -0.15) is 0 Å². The lowest BCUT2D eigenvalue weighted by molar-refractivity contribution is 0.0898. The fourth-order valence-electron chi connectivity index (χ4n) is 3.60. The molecule has 1 aromatic heterocycles. The summed E-state index contributed by atoms with van der Waals surface area (Å²) in [5.41, 5.74) is 4.45. The van der Waals surface area contributed by atoms with Crippen LogP contribution in [0.1, 0.15) is 51.8 Å². The van der Waals surface area contributed by atoms with Crippen LogP contribution in [0, 0.1) is 0 Å². The van der Waals surface area contributed by atoms with Crippen LogP contribution in [0.4, 0.5) is 0 Å². The van der Waals surface area contributed by atoms with Crippen molar-refractivity contribution in [3.05, 3.63) is 52.4 Å². The van der Waals surface area contributed by atoms with E-state index in [0.717, 1.165) is 56.5 Å². The van der Waals surface area contributed by atoms with E-state index < -0.39 is 0 Å². The molecule has 1 aliphatic heterocycles. The molecule has 2 aliphatic rings. The Morgan fingerprint density at radius 2 is 2.09 bits per heavy atom. The van der Waals surface area contributed by atoms with Crippen LogP contribution in [-0.2, 0) is 19.3 Å². The monoisotopic (exact) mass is 311 g/mol. The topological polar surface area (TPSA) is 67.2 Å². The molecule has 1 unspecified atom stereocenters. The summed E-state index contributed by atoms with van der Waals surface area (Å²) in [4.78, 5) is 12.7. The number of carbonyl (C=O) groups excluding carboxylic acids is 1. The van der Waals surface area contributed by atoms with Crippen LogP contribution in [0.5, 0.6) is 0 Å². The molecule has 23 heavy (non-hydrogen) atoms. The predicted octanol–water partition coefficient (Wildman–Crippen LogP) is 2.17. The Kier molecular flexibility index (Phi) is 3.87. The summed E-state index contributed by atoms with van der Waals surface area (Å²) in [6.45, 7) is 1.67. The first kappa shape index (κ1) is 14.5. The first-order valence-corrected chi connectivity index (χ1v) is 8.40. The summed E-state index contributed by atoms with van der Waals surface area (Å²) in [7, 11) is 0. The second-order valence-corrected chi connectivity index (χ2v) is 6.32. The Hall–Kier alpha value is -2.14. The normalized spacial score (nSPS) is 20.3. The third-order valence-electron chi connectivity index (χ3n) is 4.82. The molecule has 4 rings (SSSR count). The first-order valence-electron chi connectivity index (χ1n) is 8.40. The molecule has 2 N–H and O–H groups in total. The molecule has 1 atom stereocenters. The highest BCUT2D eigenvalue weighted by atomic mass is 16.5. The van der Waals surface area contributed by atoms with E-state index in [1.165, 1.54) is 11.1 Å². The Bertz CT molecular complexity index is 723. The van der Waals surface area contributed by atoms with Crippen molar-refractivity contribution in [2.75, 3.05) is 13.1 Å². The molecular weight excluding hydrogens is 290 g/mol. The minimum Gasteiger partial charge on any atom is -0.350 e. The van der Waals surface area contributed by atoms with Crippen molar-refractivity contribution in [2.24, 2.45) is 0 Å². The van der Waals surface area contributed by atoms with Gasteiger partial charge in [-0.25, -0.2) is 0 Å². The fraction of sp³-hybridized carbons (Fsp3) is 0.444. The van der Waals surface area contributed by atoms with E-state index in [0.29, 0.717) is 5.76 Å². The number of fused-ring (bicyclic) bond motifs is 2. The van der Waals surface area contributed by atoms with Gasteiger partial charge in [-0.3, -0.25) is 4.79 Å². The average Bonchev–Trinajstić information content (AvgIpc) is 2.92. The third-order valence-corrected chi connectivity index (χ3v) is 4.82. The first-order chi connectivity index (χ1) is 11.3. The largest absolute Gasteiger partial charge is 0.350 e. The lowest BCUT2D eigenvalue weighted by atomic mass is 9.95. The molecule has 0 radical (unpaired) electrons. The Morgan fingerprint density at radius 3 is 3.04 bits per heavy atom. The SMILES string of the molecule is O=C(NC1CNCCc2ccccc21)c1onc2c1CCCC2. The van der Waals surface area contributed by atoms with Crippen LogP contribution < -0.4 is 10.6 Å². The molecule has 1 aromatic carbocycles. The highest BCUT2D eigenvalue weighted by molar-refractivity contribution is 5.93. The molecule has 1 amide bonds. The molecule has 120 valence electrons. The third kappa shape index (κ3) is 2.77. The van der Waals surface area contributed by atoms with Gasteiger partial charge in [-0.15, -0.1) is 0 Å². The standard InChI is InChI=1S/C18H21N3O2/c22-18(17-14-7-3-4-8-15(14)21-23-17)20-16-11-19-10-9-12-5-1-2-6-13(12)16/h1-2,5-6,16,19H,3-4,7-11H2,(H,20,22). The highest BCUT2D eigenvalue weighted by Crippen LogP contribution is 2.25. The number of hydrogen-bond donors (Lipinski definition) is 2. The van der Waals surface area contributed by atoms with Crippen molar-refractivity contribution in [3.8, 4) is 0 Å². The molecule has 2 aromatic rings. The molecule has 0 fully saturated rings. The van der Waals surface area contributed by atoms with Crippen molar-refractivity contribution < 1.29 is 9.32 Å². The smallest absolute Gasteiger partial charge is 0.290 e. The van der Waals surface area contributed by atoms with E-state index in [2.05, 4.69) is 34.0 Å². The number of carbonyl (C=O) groups is 1. The minimum atomic E-state index is -0.149. The van der Waals surface area contributed by atoms with E-state index in [-0.39, 0.29) is 11.9 Å². The number of benzene rings is 1. The summed E-state index contributed by atoms with van der Waals surface area (Å²) in [5, 5.41) is 10.6. The van der Waals surface area contributed by atoms with Gasteiger partial charge in [0.2, 0.25) is 5.76 Å². The highest BCUT2D eigenvalue weighted by Gasteiger charge is 2.27. The van der Waals surface area contributed by atoms with Crippen LogP contribution in [0.15, 0.2) is 28.8 Å². The van der Waals surface area contributed by atoms with Gasteiger partial charge in [0.15, 0.2) is 0 Å². The molecule has 0 saturated heterocycles. The maximum atomic E-state index is 12.7.